The number of aliphatic hydroxyl groups excluding tert-OH is 1. The molecule has 1 aromatic rings. The van der Waals surface area contributed by atoms with Crippen molar-refractivity contribution in [3.63, 3.8) is 0 Å². The van der Waals surface area contributed by atoms with E-state index in [4.69, 9.17) is 4.42 Å². The molecule has 0 spiro atoms. The van der Waals surface area contributed by atoms with Gasteiger partial charge in [-0.05, 0) is 49.8 Å². The third-order valence-corrected chi connectivity index (χ3v) is 3.32. The first-order valence-electron chi connectivity index (χ1n) is 6.41. The lowest BCUT2D eigenvalue weighted by molar-refractivity contribution is -0.116. The van der Waals surface area contributed by atoms with Crippen LogP contribution in [0.3, 0.4) is 0 Å². The number of carbonyl (C=O) groups is 1. The lowest BCUT2D eigenvalue weighted by Gasteiger charge is -2.25. The number of carbonyl (C=O) groups excluding carboxylic acids is 1. The van der Waals surface area contributed by atoms with E-state index < -0.39 is 0 Å². The molecule has 1 aromatic heterocycles. The minimum absolute atomic E-state index is 0.0995. The maximum atomic E-state index is 11.6. The smallest absolute Gasteiger partial charge is 0.244 e. The maximum Gasteiger partial charge on any atom is 0.244 e. The van der Waals surface area contributed by atoms with Crippen LogP contribution in [0.4, 0.5) is 0 Å². The molecule has 1 amide bonds. The van der Waals surface area contributed by atoms with Gasteiger partial charge in [-0.3, -0.25) is 4.79 Å². The highest BCUT2D eigenvalue weighted by Gasteiger charge is 2.19. The molecule has 1 saturated carbocycles. The second-order valence-corrected chi connectivity index (χ2v) is 4.77. The topological polar surface area (TPSA) is 62.5 Å². The largest absolute Gasteiger partial charge is 0.465 e. The van der Waals surface area contributed by atoms with Gasteiger partial charge < -0.3 is 14.8 Å². The summed E-state index contributed by atoms with van der Waals surface area (Å²) in [5, 5.41) is 12.3. The first-order valence-corrected chi connectivity index (χ1v) is 6.41. The van der Waals surface area contributed by atoms with Crippen LogP contribution in [0.25, 0.3) is 6.08 Å². The van der Waals surface area contributed by atoms with Gasteiger partial charge in [0, 0.05) is 12.6 Å². The number of rotatable bonds is 4. The summed E-state index contributed by atoms with van der Waals surface area (Å²) in [5.41, 5.74) is 0. The highest BCUT2D eigenvalue weighted by atomic mass is 16.3. The summed E-state index contributed by atoms with van der Waals surface area (Å²) >= 11 is 0. The Balaban J connectivity index is 1.69. The molecule has 0 aromatic carbocycles. The molecule has 1 aliphatic carbocycles. The van der Waals surface area contributed by atoms with Crippen LogP contribution in [-0.4, -0.2) is 23.7 Å². The highest BCUT2D eigenvalue weighted by Crippen LogP contribution is 2.23. The third kappa shape index (κ3) is 4.04. The van der Waals surface area contributed by atoms with Crippen LogP contribution in [0, 0.1) is 5.92 Å². The van der Waals surface area contributed by atoms with Crippen molar-refractivity contribution >= 4 is 12.0 Å². The van der Waals surface area contributed by atoms with Crippen LogP contribution in [0.15, 0.2) is 28.9 Å². The lowest BCUT2D eigenvalue weighted by Crippen LogP contribution is -2.31. The number of aliphatic hydroxyl groups is 1. The molecule has 0 bridgehead atoms. The van der Waals surface area contributed by atoms with E-state index in [2.05, 4.69) is 5.32 Å². The van der Waals surface area contributed by atoms with Crippen molar-refractivity contribution in [1.82, 2.24) is 5.32 Å². The van der Waals surface area contributed by atoms with E-state index >= 15 is 0 Å². The van der Waals surface area contributed by atoms with Gasteiger partial charge in [-0.25, -0.2) is 0 Å². The Labute approximate surface area is 107 Å². The molecule has 0 atom stereocenters. The van der Waals surface area contributed by atoms with Crippen molar-refractivity contribution in [3.05, 3.63) is 30.2 Å². The molecule has 1 heterocycles. The second-order valence-electron chi connectivity index (χ2n) is 4.77. The zero-order valence-corrected chi connectivity index (χ0v) is 10.3. The minimum Gasteiger partial charge on any atom is -0.465 e. The van der Waals surface area contributed by atoms with E-state index in [9.17, 15) is 9.90 Å². The van der Waals surface area contributed by atoms with E-state index in [1.54, 1.807) is 24.5 Å². The monoisotopic (exact) mass is 249 g/mol. The summed E-state index contributed by atoms with van der Waals surface area (Å²) in [6, 6.07) is 3.58. The van der Waals surface area contributed by atoms with Crippen LogP contribution < -0.4 is 5.32 Å². The van der Waals surface area contributed by atoms with Crippen molar-refractivity contribution in [2.45, 2.75) is 31.8 Å². The fourth-order valence-electron chi connectivity index (χ4n) is 2.20. The molecular formula is C14H19NO3. The van der Waals surface area contributed by atoms with Crippen LogP contribution in [0.5, 0.6) is 0 Å². The average Bonchev–Trinajstić information content (AvgIpc) is 2.89. The zero-order valence-electron chi connectivity index (χ0n) is 10.3. The molecule has 1 aliphatic rings. The molecule has 0 radical (unpaired) electrons. The SMILES string of the molecule is O=C(/C=C/c1ccco1)NCC1CCC(O)CC1. The van der Waals surface area contributed by atoms with Gasteiger partial charge >= 0.3 is 0 Å². The van der Waals surface area contributed by atoms with Gasteiger partial charge in [-0.2, -0.15) is 0 Å². The number of nitrogens with one attached hydrogen (secondary N) is 1. The molecule has 4 heteroatoms. The first-order chi connectivity index (χ1) is 8.74. The molecule has 0 saturated heterocycles. The van der Waals surface area contributed by atoms with Gasteiger partial charge in [-0.15, -0.1) is 0 Å². The fourth-order valence-corrected chi connectivity index (χ4v) is 2.20. The summed E-state index contributed by atoms with van der Waals surface area (Å²) in [4.78, 5) is 11.6. The number of amides is 1. The Morgan fingerprint density at radius 3 is 2.89 bits per heavy atom. The quantitative estimate of drug-likeness (QED) is 0.802. The van der Waals surface area contributed by atoms with E-state index in [-0.39, 0.29) is 12.0 Å². The van der Waals surface area contributed by atoms with Crippen molar-refractivity contribution in [1.29, 1.82) is 0 Å². The molecule has 0 unspecified atom stereocenters. The summed E-state index contributed by atoms with van der Waals surface area (Å²) in [6.45, 7) is 0.689. The van der Waals surface area contributed by atoms with Gasteiger partial charge in [-0.1, -0.05) is 0 Å². The van der Waals surface area contributed by atoms with Crippen LogP contribution in [-0.2, 0) is 4.79 Å². The summed E-state index contributed by atoms with van der Waals surface area (Å²) in [6.07, 6.45) is 8.25. The van der Waals surface area contributed by atoms with Gasteiger partial charge in [0.15, 0.2) is 0 Å². The van der Waals surface area contributed by atoms with E-state index in [1.165, 1.54) is 6.08 Å². The molecule has 2 rings (SSSR count). The Morgan fingerprint density at radius 2 is 2.22 bits per heavy atom. The van der Waals surface area contributed by atoms with Gasteiger partial charge in [0.05, 0.1) is 12.4 Å². The van der Waals surface area contributed by atoms with Gasteiger partial charge in [0.2, 0.25) is 5.91 Å². The third-order valence-electron chi connectivity index (χ3n) is 3.32. The molecule has 98 valence electrons. The predicted molar refractivity (Wildman–Crippen MR) is 68.7 cm³/mol. The van der Waals surface area contributed by atoms with Gasteiger partial charge in [0.25, 0.3) is 0 Å². The standard InChI is InChI=1S/C14H19NO3/c16-12-5-3-11(4-6-12)10-15-14(17)8-7-13-2-1-9-18-13/h1-2,7-9,11-12,16H,3-6,10H2,(H,15,17)/b8-7+. The van der Waals surface area contributed by atoms with E-state index in [0.717, 1.165) is 25.7 Å². The highest BCUT2D eigenvalue weighted by molar-refractivity contribution is 5.91. The first kappa shape index (κ1) is 12.9. The zero-order chi connectivity index (χ0) is 12.8. The molecule has 18 heavy (non-hydrogen) atoms. The minimum atomic E-state index is -0.143. The average molecular weight is 249 g/mol. The fraction of sp³-hybridized carbons (Fsp3) is 0.500. The van der Waals surface area contributed by atoms with E-state index in [1.807, 2.05) is 0 Å². The Morgan fingerprint density at radius 1 is 1.44 bits per heavy atom. The number of hydrogen-bond donors (Lipinski definition) is 2. The van der Waals surface area contributed by atoms with Crippen molar-refractivity contribution in [2.75, 3.05) is 6.54 Å². The predicted octanol–water partition coefficient (Wildman–Crippen LogP) is 1.96. The van der Waals surface area contributed by atoms with Crippen molar-refractivity contribution in [2.24, 2.45) is 5.92 Å². The van der Waals surface area contributed by atoms with Crippen molar-refractivity contribution < 1.29 is 14.3 Å². The molecule has 0 aliphatic heterocycles. The van der Waals surface area contributed by atoms with Crippen LogP contribution in [0.1, 0.15) is 31.4 Å². The molecule has 4 nitrogen and oxygen atoms in total. The lowest BCUT2D eigenvalue weighted by atomic mass is 9.87. The summed E-state index contributed by atoms with van der Waals surface area (Å²) in [5.74, 6) is 1.07. The Hall–Kier alpha value is -1.55. The van der Waals surface area contributed by atoms with E-state index in [0.29, 0.717) is 18.2 Å². The summed E-state index contributed by atoms with van der Waals surface area (Å²) in [7, 11) is 0. The normalized spacial score (nSPS) is 24.3. The number of furan rings is 1. The number of hydrogen-bond acceptors (Lipinski definition) is 3. The van der Waals surface area contributed by atoms with Crippen molar-refractivity contribution in [3.8, 4) is 0 Å². The Bertz CT molecular complexity index is 389. The maximum absolute atomic E-state index is 11.6. The second kappa shape index (κ2) is 6.40. The van der Waals surface area contributed by atoms with Crippen LogP contribution >= 0.6 is 0 Å². The van der Waals surface area contributed by atoms with Gasteiger partial charge in [0.1, 0.15) is 5.76 Å². The Kier molecular flexibility index (Phi) is 4.59. The molecular weight excluding hydrogens is 230 g/mol. The van der Waals surface area contributed by atoms with Crippen LogP contribution in [0.2, 0.25) is 0 Å². The summed E-state index contributed by atoms with van der Waals surface area (Å²) < 4.78 is 5.10. The molecule has 2 N–H and O–H groups in total. The molecule has 1 fully saturated rings.